The topological polar surface area (TPSA) is 58.4 Å². The average molecular weight is 405 g/mol. The van der Waals surface area contributed by atoms with Crippen molar-refractivity contribution in [2.75, 3.05) is 16.8 Å². The summed E-state index contributed by atoms with van der Waals surface area (Å²) in [6, 6.07) is 16.3. The van der Waals surface area contributed by atoms with E-state index in [4.69, 9.17) is 16.6 Å². The zero-order chi connectivity index (χ0) is 19.8. The van der Waals surface area contributed by atoms with Crippen LogP contribution < -0.4 is 10.2 Å². The summed E-state index contributed by atoms with van der Waals surface area (Å²) in [6.45, 7) is 3.30. The molecule has 0 amide bonds. The molecule has 5 rings (SSSR count). The summed E-state index contributed by atoms with van der Waals surface area (Å²) in [7, 11) is 0. The molecule has 1 aliphatic rings. The second-order valence-corrected chi connectivity index (χ2v) is 7.78. The van der Waals surface area contributed by atoms with Crippen molar-refractivity contribution in [3.63, 3.8) is 0 Å². The summed E-state index contributed by atoms with van der Waals surface area (Å²) in [6.07, 6.45) is 6.00. The minimum absolute atomic E-state index is 0.520. The highest BCUT2D eigenvalue weighted by atomic mass is 35.5. The number of nitrogens with one attached hydrogen (secondary N) is 1. The maximum absolute atomic E-state index is 6.18. The molecule has 146 valence electrons. The summed E-state index contributed by atoms with van der Waals surface area (Å²) in [4.78, 5) is 11.7. The van der Waals surface area contributed by atoms with Crippen LogP contribution in [0.1, 0.15) is 19.8 Å². The predicted molar refractivity (Wildman–Crippen MR) is 117 cm³/mol. The molecule has 3 aromatic heterocycles. The maximum Gasteiger partial charge on any atom is 0.177 e. The second-order valence-electron chi connectivity index (χ2n) is 7.34. The number of nitrogens with zero attached hydrogens (tertiary/aromatic N) is 5. The Kier molecular flexibility index (Phi) is 4.56. The number of hydrogen-bond acceptors (Lipinski definition) is 5. The van der Waals surface area contributed by atoms with E-state index < -0.39 is 0 Å². The van der Waals surface area contributed by atoms with Crippen molar-refractivity contribution < 1.29 is 0 Å². The Labute approximate surface area is 174 Å². The Morgan fingerprint density at radius 1 is 1.14 bits per heavy atom. The smallest absolute Gasteiger partial charge is 0.177 e. The van der Waals surface area contributed by atoms with Crippen LogP contribution in [0.3, 0.4) is 0 Å². The summed E-state index contributed by atoms with van der Waals surface area (Å²) in [5.41, 5.74) is 3.35. The molecule has 1 N–H and O–H groups in total. The van der Waals surface area contributed by atoms with Gasteiger partial charge in [-0.25, -0.2) is 14.5 Å². The molecule has 0 bridgehead atoms. The Morgan fingerprint density at radius 2 is 2.03 bits per heavy atom. The van der Waals surface area contributed by atoms with Gasteiger partial charge in [-0.1, -0.05) is 29.8 Å². The van der Waals surface area contributed by atoms with E-state index in [9.17, 15) is 0 Å². The minimum Gasteiger partial charge on any atom is -0.354 e. The summed E-state index contributed by atoms with van der Waals surface area (Å²) in [5.74, 6) is 1.79. The molecule has 7 heteroatoms. The van der Waals surface area contributed by atoms with Crippen molar-refractivity contribution in [3.05, 3.63) is 65.9 Å². The third kappa shape index (κ3) is 3.51. The monoisotopic (exact) mass is 404 g/mol. The number of rotatable bonds is 4. The largest absolute Gasteiger partial charge is 0.354 e. The molecule has 4 aromatic rings. The van der Waals surface area contributed by atoms with Gasteiger partial charge in [-0.2, -0.15) is 5.10 Å². The number of hydrogen-bond donors (Lipinski definition) is 1. The van der Waals surface area contributed by atoms with Crippen LogP contribution in [0.4, 0.5) is 17.3 Å². The van der Waals surface area contributed by atoms with Gasteiger partial charge in [-0.05, 0) is 50.1 Å². The van der Waals surface area contributed by atoms with Gasteiger partial charge in [0.1, 0.15) is 11.6 Å². The quantitative estimate of drug-likeness (QED) is 0.508. The van der Waals surface area contributed by atoms with Gasteiger partial charge >= 0.3 is 0 Å². The second kappa shape index (κ2) is 7.37. The van der Waals surface area contributed by atoms with Gasteiger partial charge < -0.3 is 10.2 Å². The maximum atomic E-state index is 6.18. The third-order valence-electron chi connectivity index (χ3n) is 5.32. The van der Waals surface area contributed by atoms with E-state index in [0.717, 1.165) is 40.8 Å². The van der Waals surface area contributed by atoms with Gasteiger partial charge in [0, 0.05) is 35.6 Å². The minimum atomic E-state index is 0.520. The van der Waals surface area contributed by atoms with E-state index in [1.807, 2.05) is 48.7 Å². The van der Waals surface area contributed by atoms with Crippen molar-refractivity contribution in [2.24, 2.45) is 0 Å². The number of fused-ring (bicyclic) bond motifs is 1. The highest BCUT2D eigenvalue weighted by Gasteiger charge is 2.21. The lowest BCUT2D eigenvalue weighted by Crippen LogP contribution is -2.27. The van der Waals surface area contributed by atoms with Gasteiger partial charge in [-0.3, -0.25) is 0 Å². The molecule has 4 heterocycles. The highest BCUT2D eigenvalue weighted by molar-refractivity contribution is 6.30. The standard InChI is InChI=1S/C22H21ClN6/c1-15-5-4-11-28(15)21-9-3-8-20(26-21)25-19-14-18(16-6-2-7-17(23)13-16)27-29-12-10-24-22(19)29/h2-3,6-10,12-15H,4-5,11H2,1H3,(H,25,26). The first kappa shape index (κ1) is 17.9. The van der Waals surface area contributed by atoms with E-state index in [1.54, 1.807) is 10.7 Å². The molecular formula is C22H21ClN6. The first-order valence-electron chi connectivity index (χ1n) is 9.78. The highest BCUT2D eigenvalue weighted by Crippen LogP contribution is 2.29. The van der Waals surface area contributed by atoms with Crippen LogP contribution in [-0.2, 0) is 0 Å². The van der Waals surface area contributed by atoms with Crippen molar-refractivity contribution in [3.8, 4) is 11.3 Å². The molecule has 0 saturated carbocycles. The fraction of sp³-hybridized carbons (Fsp3) is 0.227. The van der Waals surface area contributed by atoms with Crippen molar-refractivity contribution >= 4 is 34.6 Å². The van der Waals surface area contributed by atoms with E-state index >= 15 is 0 Å². The Hall–Kier alpha value is -3.12. The predicted octanol–water partition coefficient (Wildman–Crippen LogP) is 5.18. The number of halogens is 1. The lowest BCUT2D eigenvalue weighted by molar-refractivity contribution is 0.727. The van der Waals surface area contributed by atoms with E-state index in [0.29, 0.717) is 11.1 Å². The number of benzene rings is 1. The SMILES string of the molecule is CC1CCCN1c1cccc(Nc2cc(-c3cccc(Cl)c3)nn3ccnc23)n1. The fourth-order valence-corrected chi connectivity index (χ4v) is 4.05. The van der Waals surface area contributed by atoms with Crippen molar-refractivity contribution in [2.45, 2.75) is 25.8 Å². The Morgan fingerprint density at radius 3 is 2.86 bits per heavy atom. The zero-order valence-corrected chi connectivity index (χ0v) is 16.8. The fourth-order valence-electron chi connectivity index (χ4n) is 3.86. The molecular weight excluding hydrogens is 384 g/mol. The van der Waals surface area contributed by atoms with Crippen molar-refractivity contribution in [1.29, 1.82) is 0 Å². The third-order valence-corrected chi connectivity index (χ3v) is 5.56. The van der Waals surface area contributed by atoms with Gasteiger partial charge in [0.05, 0.1) is 11.4 Å². The van der Waals surface area contributed by atoms with Crippen LogP contribution in [0.2, 0.25) is 5.02 Å². The lowest BCUT2D eigenvalue weighted by atomic mass is 10.1. The molecule has 1 saturated heterocycles. The Balaban J connectivity index is 1.53. The summed E-state index contributed by atoms with van der Waals surface area (Å²) >= 11 is 6.18. The van der Waals surface area contributed by atoms with Gasteiger partial charge in [0.15, 0.2) is 5.65 Å². The number of imidazole rings is 1. The van der Waals surface area contributed by atoms with Crippen LogP contribution in [0.5, 0.6) is 0 Å². The lowest BCUT2D eigenvalue weighted by Gasteiger charge is -2.23. The van der Waals surface area contributed by atoms with Gasteiger partial charge in [-0.15, -0.1) is 0 Å². The van der Waals surface area contributed by atoms with Crippen LogP contribution in [-0.4, -0.2) is 32.2 Å². The van der Waals surface area contributed by atoms with Crippen molar-refractivity contribution in [1.82, 2.24) is 19.6 Å². The molecule has 1 aliphatic heterocycles. The van der Waals surface area contributed by atoms with Crippen LogP contribution in [0, 0.1) is 0 Å². The van der Waals surface area contributed by atoms with E-state index in [1.165, 1.54) is 12.8 Å². The molecule has 0 aliphatic carbocycles. The van der Waals surface area contributed by atoms with E-state index in [-0.39, 0.29) is 0 Å². The molecule has 0 spiro atoms. The molecule has 6 nitrogen and oxygen atoms in total. The number of anilines is 3. The Bertz CT molecular complexity index is 1170. The van der Waals surface area contributed by atoms with Gasteiger partial charge in [0.2, 0.25) is 0 Å². The molecule has 1 aromatic carbocycles. The summed E-state index contributed by atoms with van der Waals surface area (Å²) < 4.78 is 1.77. The normalized spacial score (nSPS) is 16.5. The molecule has 1 fully saturated rings. The van der Waals surface area contributed by atoms with Gasteiger partial charge in [0.25, 0.3) is 0 Å². The molecule has 1 atom stereocenters. The average Bonchev–Trinajstić information content (AvgIpc) is 3.37. The molecule has 0 radical (unpaired) electrons. The molecule has 1 unspecified atom stereocenters. The summed E-state index contributed by atoms with van der Waals surface area (Å²) in [5, 5.41) is 8.79. The molecule has 29 heavy (non-hydrogen) atoms. The van der Waals surface area contributed by atoms with Crippen LogP contribution in [0.25, 0.3) is 16.9 Å². The van der Waals surface area contributed by atoms with Crippen LogP contribution >= 0.6 is 11.6 Å². The van der Waals surface area contributed by atoms with E-state index in [2.05, 4.69) is 33.3 Å². The first-order chi connectivity index (χ1) is 14.2. The number of pyridine rings is 1. The number of aromatic nitrogens is 4. The zero-order valence-electron chi connectivity index (χ0n) is 16.1. The van der Waals surface area contributed by atoms with Crippen LogP contribution in [0.15, 0.2) is 60.9 Å². The first-order valence-corrected chi connectivity index (χ1v) is 10.2.